The molecule has 1 heterocycles. The van der Waals surface area contributed by atoms with Crippen LogP contribution in [0.5, 0.6) is 5.75 Å². The van der Waals surface area contributed by atoms with Crippen LogP contribution in [0.15, 0.2) is 60.6 Å². The summed E-state index contributed by atoms with van der Waals surface area (Å²) in [6.45, 7) is 6.64. The summed E-state index contributed by atoms with van der Waals surface area (Å²) in [7, 11) is -4.05. The Hall–Kier alpha value is -3.73. The Balaban J connectivity index is 1.94. The van der Waals surface area contributed by atoms with Gasteiger partial charge in [-0.05, 0) is 44.0 Å². The highest BCUT2D eigenvalue weighted by molar-refractivity contribution is 7.91. The van der Waals surface area contributed by atoms with Crippen LogP contribution in [0, 0.1) is 0 Å². The second-order valence-corrected chi connectivity index (χ2v) is 10.5. The molecular weight excluding hydrogens is 474 g/mol. The molecule has 0 bridgehead atoms. The molecule has 1 atom stereocenters. The van der Waals surface area contributed by atoms with Crippen molar-refractivity contribution in [3.05, 3.63) is 71.7 Å². The Kier molecular flexibility index (Phi) is 7.59. The minimum atomic E-state index is -4.05. The van der Waals surface area contributed by atoms with E-state index in [2.05, 4.69) is 5.32 Å². The first-order valence-electron chi connectivity index (χ1n) is 10.9. The normalized spacial score (nSPS) is 15.5. The van der Waals surface area contributed by atoms with Crippen LogP contribution in [0.25, 0.3) is 0 Å². The van der Waals surface area contributed by atoms with E-state index in [1.54, 1.807) is 32.9 Å². The second-order valence-electron chi connectivity index (χ2n) is 8.98. The zero-order chi connectivity index (χ0) is 25.8. The Morgan fingerprint density at radius 3 is 2.37 bits per heavy atom. The van der Waals surface area contributed by atoms with Crippen LogP contribution < -0.4 is 19.1 Å². The first-order chi connectivity index (χ1) is 16.3. The van der Waals surface area contributed by atoms with E-state index in [-0.39, 0.29) is 24.5 Å². The van der Waals surface area contributed by atoms with Crippen LogP contribution in [-0.4, -0.2) is 37.0 Å². The van der Waals surface area contributed by atoms with Gasteiger partial charge in [-0.1, -0.05) is 36.4 Å². The smallest absolute Gasteiger partial charge is 0.330 e. The van der Waals surface area contributed by atoms with E-state index in [1.165, 1.54) is 13.0 Å². The highest BCUT2D eigenvalue weighted by Gasteiger charge is 2.32. The number of aliphatic hydroxyl groups is 1. The monoisotopic (exact) mass is 503 g/mol. The van der Waals surface area contributed by atoms with Crippen molar-refractivity contribution < 1.29 is 32.6 Å². The average Bonchev–Trinajstić information content (AvgIpc) is 3.02. The first-order valence-corrected chi connectivity index (χ1v) is 12.3. The van der Waals surface area contributed by atoms with Crippen LogP contribution in [0.1, 0.15) is 38.8 Å². The number of hydrogen-bond acceptors (Lipinski definition) is 7. The third-order valence-electron chi connectivity index (χ3n) is 4.74. The van der Waals surface area contributed by atoms with E-state index < -0.39 is 39.6 Å². The number of amides is 1. The van der Waals surface area contributed by atoms with Gasteiger partial charge in [-0.15, -0.1) is 0 Å². The lowest BCUT2D eigenvalue weighted by Gasteiger charge is -2.25. The molecule has 2 aromatic carbocycles. The number of ether oxygens (including phenoxy) is 2. The van der Waals surface area contributed by atoms with Gasteiger partial charge in [0.05, 0.1) is 6.20 Å². The van der Waals surface area contributed by atoms with E-state index >= 15 is 0 Å². The molecule has 1 amide bonds. The number of nitrogens with zero attached hydrogens (tertiary/aromatic N) is 1. The Bertz CT molecular complexity index is 1220. The maximum Gasteiger partial charge on any atom is 0.330 e. The number of carbonyl (C=O) groups is 2. The van der Waals surface area contributed by atoms with Gasteiger partial charge >= 0.3 is 16.2 Å². The minimum Gasteiger partial charge on any atom is -0.493 e. The molecule has 11 heteroatoms. The zero-order valence-electron chi connectivity index (χ0n) is 19.9. The first kappa shape index (κ1) is 25.9. The SMILES string of the molecule is CC(=O)NC(Cc1ccc(N2C=C(O)NS2(=O)=O)c(OCc2ccccc2)c1)C(=O)OC(C)(C)C. The number of aliphatic hydroxyl groups excluding tert-OH is 1. The number of anilines is 1. The number of carbonyl (C=O) groups excluding carboxylic acids is 2. The van der Waals surface area contributed by atoms with Gasteiger partial charge in [0.2, 0.25) is 11.8 Å². The maximum absolute atomic E-state index is 12.7. The summed E-state index contributed by atoms with van der Waals surface area (Å²) in [6.07, 6.45) is 1.11. The van der Waals surface area contributed by atoms with E-state index in [0.717, 1.165) is 16.1 Å². The van der Waals surface area contributed by atoms with E-state index in [0.29, 0.717) is 5.56 Å². The van der Waals surface area contributed by atoms with Gasteiger partial charge in [0, 0.05) is 13.3 Å². The molecule has 0 aromatic heterocycles. The minimum absolute atomic E-state index is 0.0859. The molecule has 3 rings (SSSR count). The maximum atomic E-state index is 12.7. The third-order valence-corrected chi connectivity index (χ3v) is 6.03. The highest BCUT2D eigenvalue weighted by atomic mass is 32.2. The predicted molar refractivity (Wildman–Crippen MR) is 130 cm³/mol. The van der Waals surface area contributed by atoms with Crippen molar-refractivity contribution in [3.8, 4) is 5.75 Å². The summed E-state index contributed by atoms with van der Waals surface area (Å²) >= 11 is 0. The van der Waals surface area contributed by atoms with Crippen molar-refractivity contribution in [2.24, 2.45) is 0 Å². The van der Waals surface area contributed by atoms with Crippen LogP contribution >= 0.6 is 0 Å². The summed E-state index contributed by atoms with van der Waals surface area (Å²) in [5.74, 6) is -1.32. The van der Waals surface area contributed by atoms with Gasteiger partial charge in [-0.25, -0.2) is 13.8 Å². The van der Waals surface area contributed by atoms with Crippen LogP contribution in [0.2, 0.25) is 0 Å². The standard InChI is InChI=1S/C24H29N3O7S/c1-16(28)25-19(23(30)34-24(2,3)4)12-18-10-11-20(27-14-22(29)26-35(27,31)32)21(13-18)33-15-17-8-6-5-7-9-17/h5-11,13-14,19,26,29H,12,15H2,1-4H3,(H,25,28). The van der Waals surface area contributed by atoms with Gasteiger partial charge in [-0.3, -0.25) is 4.79 Å². The van der Waals surface area contributed by atoms with Gasteiger partial charge in [0.15, 0.2) is 0 Å². The number of rotatable bonds is 8. The van der Waals surface area contributed by atoms with Gasteiger partial charge in [0.25, 0.3) is 0 Å². The predicted octanol–water partition coefficient (Wildman–Crippen LogP) is 2.67. The van der Waals surface area contributed by atoms with Crippen molar-refractivity contribution in [3.63, 3.8) is 0 Å². The largest absolute Gasteiger partial charge is 0.493 e. The topological polar surface area (TPSA) is 134 Å². The van der Waals surface area contributed by atoms with Gasteiger partial charge in [-0.2, -0.15) is 8.42 Å². The fourth-order valence-electron chi connectivity index (χ4n) is 3.35. The van der Waals surface area contributed by atoms with Crippen LogP contribution in [-0.2, 0) is 37.6 Å². The number of nitrogens with one attached hydrogen (secondary N) is 2. The molecule has 0 spiro atoms. The highest BCUT2D eigenvalue weighted by Crippen LogP contribution is 2.34. The summed E-state index contributed by atoms with van der Waals surface area (Å²) in [4.78, 5) is 24.4. The van der Waals surface area contributed by atoms with Crippen molar-refractivity contribution >= 4 is 27.8 Å². The summed E-state index contributed by atoms with van der Waals surface area (Å²) in [6, 6.07) is 13.0. The van der Waals surface area contributed by atoms with Crippen molar-refractivity contribution in [1.82, 2.24) is 10.0 Å². The second kappa shape index (κ2) is 10.3. The molecule has 0 saturated carbocycles. The Morgan fingerprint density at radius 2 is 1.80 bits per heavy atom. The quantitative estimate of drug-likeness (QED) is 0.472. The van der Waals surface area contributed by atoms with Gasteiger partial charge < -0.3 is 19.9 Å². The molecule has 2 aromatic rings. The average molecular weight is 504 g/mol. The molecular formula is C24H29N3O7S. The van der Waals surface area contributed by atoms with Crippen molar-refractivity contribution in [1.29, 1.82) is 0 Å². The summed E-state index contributed by atoms with van der Waals surface area (Å²) < 4.78 is 39.1. The summed E-state index contributed by atoms with van der Waals surface area (Å²) in [5, 5.41) is 12.3. The molecule has 0 aliphatic carbocycles. The van der Waals surface area contributed by atoms with E-state index in [4.69, 9.17) is 9.47 Å². The molecule has 3 N–H and O–H groups in total. The molecule has 1 aliphatic heterocycles. The molecule has 0 radical (unpaired) electrons. The lowest BCUT2D eigenvalue weighted by molar-refractivity contribution is -0.158. The van der Waals surface area contributed by atoms with Gasteiger partial charge in [0.1, 0.15) is 29.7 Å². The van der Waals surface area contributed by atoms with Crippen molar-refractivity contribution in [2.45, 2.75) is 52.4 Å². The molecule has 1 unspecified atom stereocenters. The lowest BCUT2D eigenvalue weighted by atomic mass is 10.0. The lowest BCUT2D eigenvalue weighted by Crippen LogP contribution is -2.44. The number of hydrogen-bond donors (Lipinski definition) is 3. The van der Waals surface area contributed by atoms with Crippen LogP contribution in [0.3, 0.4) is 0 Å². The number of esters is 1. The number of benzene rings is 2. The van der Waals surface area contributed by atoms with E-state index in [1.807, 2.05) is 35.1 Å². The van der Waals surface area contributed by atoms with Crippen molar-refractivity contribution in [2.75, 3.05) is 4.31 Å². The molecule has 10 nitrogen and oxygen atoms in total. The fraction of sp³-hybridized carbons (Fsp3) is 0.333. The Labute approximate surface area is 204 Å². The summed E-state index contributed by atoms with van der Waals surface area (Å²) in [5.41, 5.74) is 0.871. The molecule has 188 valence electrons. The molecule has 1 aliphatic rings. The van der Waals surface area contributed by atoms with Crippen LogP contribution in [0.4, 0.5) is 5.69 Å². The molecule has 0 saturated heterocycles. The van der Waals surface area contributed by atoms with E-state index in [9.17, 15) is 23.1 Å². The Morgan fingerprint density at radius 1 is 1.11 bits per heavy atom. The fourth-order valence-corrected chi connectivity index (χ4v) is 4.42. The zero-order valence-corrected chi connectivity index (χ0v) is 20.8. The molecule has 35 heavy (non-hydrogen) atoms. The molecule has 0 fully saturated rings. The third kappa shape index (κ3) is 7.12.